The van der Waals surface area contributed by atoms with E-state index >= 15 is 0 Å². The minimum Gasteiger partial charge on any atom is -0.505 e. The molecule has 0 spiro atoms. The lowest BCUT2D eigenvalue weighted by Crippen LogP contribution is -2.37. The third-order valence-electron chi connectivity index (χ3n) is 3.32. The molecular weight excluding hydrogens is 436 g/mol. The Labute approximate surface area is 164 Å². The highest BCUT2D eigenvalue weighted by molar-refractivity contribution is 14.0. The molecule has 0 aliphatic rings. The maximum atomic E-state index is 13.3. The maximum Gasteiger partial charge on any atom is 0.191 e. The van der Waals surface area contributed by atoms with Gasteiger partial charge in [-0.3, -0.25) is 4.99 Å². The zero-order chi connectivity index (χ0) is 17.2. The van der Waals surface area contributed by atoms with Crippen molar-refractivity contribution in [1.82, 2.24) is 10.6 Å². The molecule has 5 nitrogen and oxygen atoms in total. The van der Waals surface area contributed by atoms with Gasteiger partial charge in [0.2, 0.25) is 0 Å². The molecule has 2 aromatic carbocycles. The van der Waals surface area contributed by atoms with Gasteiger partial charge in [0.1, 0.15) is 5.75 Å². The fourth-order valence-corrected chi connectivity index (χ4v) is 2.05. The number of para-hydroxylation sites is 1. The Bertz CT molecular complexity index is 669. The number of benzene rings is 2. The number of rotatable bonds is 7. The fourth-order valence-electron chi connectivity index (χ4n) is 2.05. The molecule has 136 valence electrons. The van der Waals surface area contributed by atoms with Gasteiger partial charge in [-0.2, -0.15) is 0 Å². The molecule has 0 atom stereocenters. The van der Waals surface area contributed by atoms with Gasteiger partial charge in [0.15, 0.2) is 17.5 Å². The van der Waals surface area contributed by atoms with E-state index in [0.29, 0.717) is 25.7 Å². The molecule has 0 unspecified atom stereocenters. The number of hydrogen-bond donors (Lipinski definition) is 3. The molecule has 0 heterocycles. The molecule has 0 saturated carbocycles. The van der Waals surface area contributed by atoms with Crippen LogP contribution in [0.4, 0.5) is 4.39 Å². The van der Waals surface area contributed by atoms with Crippen molar-refractivity contribution in [3.05, 3.63) is 59.9 Å². The third-order valence-corrected chi connectivity index (χ3v) is 3.32. The normalized spacial score (nSPS) is 10.7. The van der Waals surface area contributed by atoms with E-state index in [4.69, 9.17) is 4.74 Å². The average Bonchev–Trinajstić information content (AvgIpc) is 2.61. The second-order valence-corrected chi connectivity index (χ2v) is 5.15. The first-order valence-electron chi connectivity index (χ1n) is 7.79. The molecule has 0 aliphatic heterocycles. The zero-order valence-corrected chi connectivity index (χ0v) is 16.4. The Morgan fingerprint density at radius 2 is 1.92 bits per heavy atom. The number of hydrogen-bond acceptors (Lipinski definition) is 3. The SMILES string of the molecule is CN=C(NCCCOc1ccccc1)NCc1ccc(O)c(F)c1.I. The number of nitrogens with zero attached hydrogens (tertiary/aromatic N) is 1. The van der Waals surface area contributed by atoms with E-state index in [9.17, 15) is 9.50 Å². The van der Waals surface area contributed by atoms with Crippen molar-refractivity contribution in [3.8, 4) is 11.5 Å². The third kappa shape index (κ3) is 7.59. The molecule has 2 aromatic rings. The van der Waals surface area contributed by atoms with Gasteiger partial charge in [0.25, 0.3) is 0 Å². The van der Waals surface area contributed by atoms with Crippen LogP contribution in [0.15, 0.2) is 53.5 Å². The molecule has 0 saturated heterocycles. The monoisotopic (exact) mass is 459 g/mol. The Morgan fingerprint density at radius 3 is 2.60 bits per heavy atom. The number of aliphatic imine (C=N–C) groups is 1. The number of nitrogens with one attached hydrogen (secondary N) is 2. The van der Waals surface area contributed by atoms with E-state index < -0.39 is 5.82 Å². The largest absolute Gasteiger partial charge is 0.505 e. The predicted molar refractivity (Wildman–Crippen MR) is 108 cm³/mol. The van der Waals surface area contributed by atoms with Gasteiger partial charge in [-0.1, -0.05) is 24.3 Å². The number of guanidine groups is 1. The first kappa shape index (κ1) is 21.0. The van der Waals surface area contributed by atoms with Crippen molar-refractivity contribution in [2.24, 2.45) is 4.99 Å². The first-order valence-corrected chi connectivity index (χ1v) is 7.79. The molecule has 2 rings (SSSR count). The summed E-state index contributed by atoms with van der Waals surface area (Å²) in [5.41, 5.74) is 0.723. The van der Waals surface area contributed by atoms with E-state index in [1.807, 2.05) is 30.3 Å². The second-order valence-electron chi connectivity index (χ2n) is 5.15. The van der Waals surface area contributed by atoms with Crippen LogP contribution in [-0.4, -0.2) is 31.3 Å². The number of aromatic hydroxyl groups is 1. The summed E-state index contributed by atoms with van der Waals surface area (Å²) < 4.78 is 18.9. The van der Waals surface area contributed by atoms with E-state index in [0.717, 1.165) is 17.7 Å². The zero-order valence-electron chi connectivity index (χ0n) is 14.0. The number of phenolic OH excluding ortho intramolecular Hbond substituents is 1. The lowest BCUT2D eigenvalue weighted by Gasteiger charge is -2.12. The fraction of sp³-hybridized carbons (Fsp3) is 0.278. The summed E-state index contributed by atoms with van der Waals surface area (Å²) in [5, 5.41) is 15.4. The van der Waals surface area contributed by atoms with Crippen LogP contribution in [0.1, 0.15) is 12.0 Å². The molecule has 0 aromatic heterocycles. The van der Waals surface area contributed by atoms with E-state index in [-0.39, 0.29) is 29.7 Å². The van der Waals surface area contributed by atoms with Crippen molar-refractivity contribution in [2.75, 3.05) is 20.2 Å². The molecule has 0 bridgehead atoms. The first-order chi connectivity index (χ1) is 11.7. The summed E-state index contributed by atoms with van der Waals surface area (Å²) in [6, 6.07) is 14.0. The van der Waals surface area contributed by atoms with Crippen molar-refractivity contribution in [2.45, 2.75) is 13.0 Å². The Hall–Kier alpha value is -2.03. The van der Waals surface area contributed by atoms with E-state index in [1.165, 1.54) is 12.1 Å². The minimum atomic E-state index is -0.629. The standard InChI is InChI=1S/C18H22FN3O2.HI/c1-20-18(22-13-14-8-9-17(23)16(19)12-14)21-10-5-11-24-15-6-3-2-4-7-15;/h2-4,6-9,12,23H,5,10-11,13H2,1H3,(H2,20,21,22);1H. The lowest BCUT2D eigenvalue weighted by atomic mass is 10.2. The summed E-state index contributed by atoms with van der Waals surface area (Å²) in [6.45, 7) is 1.73. The Morgan fingerprint density at radius 1 is 1.16 bits per heavy atom. The van der Waals surface area contributed by atoms with Crippen LogP contribution >= 0.6 is 24.0 Å². The van der Waals surface area contributed by atoms with Gasteiger partial charge in [-0.15, -0.1) is 24.0 Å². The van der Waals surface area contributed by atoms with Gasteiger partial charge in [-0.05, 0) is 36.2 Å². The van der Waals surface area contributed by atoms with E-state index in [1.54, 1.807) is 13.1 Å². The molecule has 0 fully saturated rings. The number of ether oxygens (including phenoxy) is 1. The average molecular weight is 459 g/mol. The summed E-state index contributed by atoms with van der Waals surface area (Å²) in [7, 11) is 1.67. The van der Waals surface area contributed by atoms with Crippen molar-refractivity contribution < 1.29 is 14.2 Å². The molecule has 7 heteroatoms. The van der Waals surface area contributed by atoms with Crippen molar-refractivity contribution in [1.29, 1.82) is 0 Å². The number of halogens is 2. The second kappa shape index (κ2) is 11.5. The Kier molecular flexibility index (Phi) is 9.68. The van der Waals surface area contributed by atoms with Crippen molar-refractivity contribution in [3.63, 3.8) is 0 Å². The highest BCUT2D eigenvalue weighted by Crippen LogP contribution is 2.15. The van der Waals surface area contributed by atoms with Crippen molar-refractivity contribution >= 4 is 29.9 Å². The van der Waals surface area contributed by atoms with Gasteiger partial charge < -0.3 is 20.5 Å². The van der Waals surface area contributed by atoms with Crippen LogP contribution in [0.3, 0.4) is 0 Å². The van der Waals surface area contributed by atoms with Crippen LogP contribution < -0.4 is 15.4 Å². The predicted octanol–water partition coefficient (Wildman–Crippen LogP) is 3.28. The molecule has 0 amide bonds. The summed E-state index contributed by atoms with van der Waals surface area (Å²) in [6.07, 6.45) is 0.823. The Balaban J connectivity index is 0.00000312. The van der Waals surface area contributed by atoms with Crippen LogP contribution in [0.25, 0.3) is 0 Å². The molecular formula is C18H23FIN3O2. The van der Waals surface area contributed by atoms with Gasteiger partial charge in [-0.25, -0.2) is 4.39 Å². The van der Waals surface area contributed by atoms with Gasteiger partial charge in [0.05, 0.1) is 6.61 Å². The molecule has 3 N–H and O–H groups in total. The summed E-state index contributed by atoms with van der Waals surface area (Å²) >= 11 is 0. The van der Waals surface area contributed by atoms with E-state index in [2.05, 4.69) is 15.6 Å². The van der Waals surface area contributed by atoms with Crippen LogP contribution in [0.2, 0.25) is 0 Å². The lowest BCUT2D eigenvalue weighted by molar-refractivity contribution is 0.311. The van der Waals surface area contributed by atoms with Gasteiger partial charge in [0, 0.05) is 20.1 Å². The summed E-state index contributed by atoms with van der Waals surface area (Å²) in [5.74, 6) is 0.507. The topological polar surface area (TPSA) is 65.9 Å². The minimum absolute atomic E-state index is 0. The summed E-state index contributed by atoms with van der Waals surface area (Å²) in [4.78, 5) is 4.11. The molecule has 0 radical (unpaired) electrons. The van der Waals surface area contributed by atoms with Crippen LogP contribution in [0, 0.1) is 5.82 Å². The smallest absolute Gasteiger partial charge is 0.191 e. The van der Waals surface area contributed by atoms with Crippen LogP contribution in [0.5, 0.6) is 11.5 Å². The molecule has 0 aliphatic carbocycles. The highest BCUT2D eigenvalue weighted by Gasteiger charge is 2.03. The van der Waals surface area contributed by atoms with Crippen LogP contribution in [-0.2, 0) is 6.54 Å². The maximum absolute atomic E-state index is 13.3. The van der Waals surface area contributed by atoms with Gasteiger partial charge >= 0.3 is 0 Å². The molecule has 25 heavy (non-hydrogen) atoms. The highest BCUT2D eigenvalue weighted by atomic mass is 127. The number of phenols is 1. The quantitative estimate of drug-likeness (QED) is 0.258.